The first-order chi connectivity index (χ1) is 9.95. The van der Waals surface area contributed by atoms with Crippen molar-refractivity contribution in [3.05, 3.63) is 50.9 Å². The summed E-state index contributed by atoms with van der Waals surface area (Å²) < 4.78 is 6.00. The van der Waals surface area contributed by atoms with Crippen molar-refractivity contribution in [1.82, 2.24) is 0 Å². The van der Waals surface area contributed by atoms with Crippen LogP contribution < -0.4 is 15.8 Å². The number of hydrogen-bond donors (Lipinski definition) is 2. The Morgan fingerprint density at radius 3 is 2.67 bits per heavy atom. The van der Waals surface area contributed by atoms with Gasteiger partial charge in [-0.3, -0.25) is 4.79 Å². The summed E-state index contributed by atoms with van der Waals surface area (Å²) in [7, 11) is 0. The molecule has 3 N–H and O–H groups in total. The molecular formula is C14H11BrCl2N2O2. The summed E-state index contributed by atoms with van der Waals surface area (Å²) in [5, 5.41) is 3.69. The Labute approximate surface area is 140 Å². The first-order valence-corrected chi connectivity index (χ1v) is 7.43. The van der Waals surface area contributed by atoms with Gasteiger partial charge in [-0.05, 0) is 46.3 Å². The first-order valence-electron chi connectivity index (χ1n) is 5.88. The maximum absolute atomic E-state index is 11.8. The number of hydrogen-bond acceptors (Lipinski definition) is 3. The van der Waals surface area contributed by atoms with Crippen LogP contribution in [0.3, 0.4) is 0 Å². The zero-order valence-electron chi connectivity index (χ0n) is 10.7. The van der Waals surface area contributed by atoms with E-state index in [-0.39, 0.29) is 12.5 Å². The second kappa shape index (κ2) is 7.02. The Morgan fingerprint density at radius 2 is 2.00 bits per heavy atom. The quantitative estimate of drug-likeness (QED) is 0.763. The van der Waals surface area contributed by atoms with Gasteiger partial charge >= 0.3 is 0 Å². The fourth-order valence-electron chi connectivity index (χ4n) is 1.63. The number of benzene rings is 2. The van der Waals surface area contributed by atoms with E-state index >= 15 is 0 Å². The predicted octanol–water partition coefficient (Wildman–Crippen LogP) is 4.36. The number of carbonyl (C=O) groups is 1. The minimum Gasteiger partial charge on any atom is -0.480 e. The van der Waals surface area contributed by atoms with Crippen LogP contribution in [0.5, 0.6) is 5.75 Å². The lowest BCUT2D eigenvalue weighted by molar-refractivity contribution is -0.118. The molecule has 2 aromatic carbocycles. The molecule has 0 fully saturated rings. The average Bonchev–Trinajstić information content (AvgIpc) is 2.37. The third-order valence-electron chi connectivity index (χ3n) is 2.49. The van der Waals surface area contributed by atoms with Gasteiger partial charge in [0.1, 0.15) is 0 Å². The van der Waals surface area contributed by atoms with Gasteiger partial charge in [0.15, 0.2) is 12.4 Å². The zero-order chi connectivity index (χ0) is 15.4. The van der Waals surface area contributed by atoms with Crippen LogP contribution in [-0.2, 0) is 4.79 Å². The van der Waals surface area contributed by atoms with Gasteiger partial charge in [-0.25, -0.2) is 0 Å². The normalized spacial score (nSPS) is 10.2. The Kier molecular flexibility index (Phi) is 5.33. The number of carbonyl (C=O) groups excluding carboxylic acids is 1. The highest BCUT2D eigenvalue weighted by atomic mass is 79.9. The summed E-state index contributed by atoms with van der Waals surface area (Å²) in [6, 6.07) is 10.0. The number of halogens is 3. The fraction of sp³-hybridized carbons (Fsp3) is 0.0714. The first kappa shape index (κ1) is 15.9. The lowest BCUT2D eigenvalue weighted by Crippen LogP contribution is -2.20. The van der Waals surface area contributed by atoms with E-state index in [2.05, 4.69) is 21.2 Å². The highest BCUT2D eigenvalue weighted by molar-refractivity contribution is 9.10. The van der Waals surface area contributed by atoms with Crippen molar-refractivity contribution < 1.29 is 9.53 Å². The molecular weight excluding hydrogens is 379 g/mol. The molecule has 0 bridgehead atoms. The van der Waals surface area contributed by atoms with E-state index in [1.807, 2.05) is 0 Å². The summed E-state index contributed by atoms with van der Waals surface area (Å²) in [5.41, 5.74) is 6.74. The molecule has 4 nitrogen and oxygen atoms in total. The number of rotatable bonds is 4. The van der Waals surface area contributed by atoms with Crippen molar-refractivity contribution >= 4 is 56.4 Å². The van der Waals surface area contributed by atoms with Crippen LogP contribution in [0.15, 0.2) is 40.9 Å². The molecule has 0 heterocycles. The third kappa shape index (κ3) is 4.52. The lowest BCUT2D eigenvalue weighted by atomic mass is 10.3. The van der Waals surface area contributed by atoms with Crippen LogP contribution in [0, 0.1) is 0 Å². The number of anilines is 2. The van der Waals surface area contributed by atoms with Crippen molar-refractivity contribution in [3.63, 3.8) is 0 Å². The van der Waals surface area contributed by atoms with E-state index in [0.717, 1.165) is 0 Å². The van der Waals surface area contributed by atoms with Gasteiger partial charge < -0.3 is 15.8 Å². The van der Waals surface area contributed by atoms with Crippen LogP contribution in [0.1, 0.15) is 0 Å². The molecule has 0 saturated heterocycles. The van der Waals surface area contributed by atoms with E-state index in [0.29, 0.717) is 31.6 Å². The van der Waals surface area contributed by atoms with Gasteiger partial charge in [-0.2, -0.15) is 0 Å². The fourth-order valence-corrected chi connectivity index (χ4v) is 2.77. The molecule has 1 amide bonds. The molecule has 21 heavy (non-hydrogen) atoms. The summed E-state index contributed by atoms with van der Waals surface area (Å²) in [6.07, 6.45) is 0. The summed E-state index contributed by atoms with van der Waals surface area (Å²) in [6.45, 7) is -0.184. The lowest BCUT2D eigenvalue weighted by Gasteiger charge is -2.11. The van der Waals surface area contributed by atoms with Crippen LogP contribution >= 0.6 is 39.1 Å². The molecule has 0 atom stereocenters. The monoisotopic (exact) mass is 388 g/mol. The number of amides is 1. The zero-order valence-corrected chi connectivity index (χ0v) is 13.8. The number of nitrogen functional groups attached to an aromatic ring is 1. The van der Waals surface area contributed by atoms with E-state index in [4.69, 9.17) is 33.7 Å². The molecule has 0 unspecified atom stereocenters. The van der Waals surface area contributed by atoms with Gasteiger partial charge in [0.25, 0.3) is 5.91 Å². The Morgan fingerprint density at radius 1 is 1.24 bits per heavy atom. The van der Waals surface area contributed by atoms with Crippen LogP contribution in [0.2, 0.25) is 10.0 Å². The van der Waals surface area contributed by atoms with Gasteiger partial charge in [-0.15, -0.1) is 0 Å². The van der Waals surface area contributed by atoms with Gasteiger partial charge in [0.2, 0.25) is 0 Å². The second-order valence-corrected chi connectivity index (χ2v) is 5.88. The van der Waals surface area contributed by atoms with E-state index in [9.17, 15) is 4.79 Å². The van der Waals surface area contributed by atoms with Crippen molar-refractivity contribution in [3.8, 4) is 5.75 Å². The molecule has 0 aliphatic carbocycles. The SMILES string of the molecule is Nc1cc(Cl)cc(Br)c1OCC(=O)Nc1cccc(Cl)c1. The maximum atomic E-state index is 11.8. The molecule has 0 saturated carbocycles. The largest absolute Gasteiger partial charge is 0.480 e. The van der Waals surface area contributed by atoms with E-state index in [1.54, 1.807) is 36.4 Å². The molecule has 0 aliphatic heterocycles. The standard InChI is InChI=1S/C14H11BrCl2N2O2/c15-11-5-9(17)6-12(18)14(11)21-7-13(20)19-10-3-1-2-8(16)4-10/h1-6H,7,18H2,(H,19,20). The summed E-state index contributed by atoms with van der Waals surface area (Å²) in [5.74, 6) is 0.0548. The highest BCUT2D eigenvalue weighted by Gasteiger charge is 2.10. The number of ether oxygens (including phenoxy) is 1. The minimum atomic E-state index is -0.321. The maximum Gasteiger partial charge on any atom is 0.262 e. The van der Waals surface area contributed by atoms with Crippen molar-refractivity contribution in [2.75, 3.05) is 17.7 Å². The van der Waals surface area contributed by atoms with Crippen LogP contribution in [0.25, 0.3) is 0 Å². The van der Waals surface area contributed by atoms with Crippen molar-refractivity contribution in [1.29, 1.82) is 0 Å². The molecule has 0 spiro atoms. The summed E-state index contributed by atoms with van der Waals surface area (Å²) >= 11 is 15.0. The number of nitrogens with one attached hydrogen (secondary N) is 1. The predicted molar refractivity (Wildman–Crippen MR) is 89.1 cm³/mol. The van der Waals surface area contributed by atoms with Crippen LogP contribution in [0.4, 0.5) is 11.4 Å². The molecule has 0 radical (unpaired) electrons. The molecule has 2 aromatic rings. The third-order valence-corrected chi connectivity index (χ3v) is 3.54. The topological polar surface area (TPSA) is 64.3 Å². The van der Waals surface area contributed by atoms with Crippen molar-refractivity contribution in [2.24, 2.45) is 0 Å². The van der Waals surface area contributed by atoms with Crippen LogP contribution in [-0.4, -0.2) is 12.5 Å². The van der Waals surface area contributed by atoms with Crippen molar-refractivity contribution in [2.45, 2.75) is 0 Å². The van der Waals surface area contributed by atoms with Gasteiger partial charge in [0.05, 0.1) is 10.2 Å². The minimum absolute atomic E-state index is 0.184. The second-order valence-electron chi connectivity index (χ2n) is 4.15. The molecule has 2 rings (SSSR count). The Bertz CT molecular complexity index is 657. The van der Waals surface area contributed by atoms with E-state index in [1.165, 1.54) is 0 Å². The molecule has 7 heteroatoms. The average molecular weight is 390 g/mol. The van der Waals surface area contributed by atoms with Gasteiger partial charge in [-0.1, -0.05) is 29.3 Å². The number of nitrogens with two attached hydrogens (primary N) is 1. The Balaban J connectivity index is 1.99. The Hall–Kier alpha value is -1.43. The molecule has 110 valence electrons. The molecule has 0 aliphatic rings. The smallest absolute Gasteiger partial charge is 0.262 e. The molecule has 0 aromatic heterocycles. The summed E-state index contributed by atoms with van der Waals surface area (Å²) in [4.78, 5) is 11.8. The van der Waals surface area contributed by atoms with E-state index < -0.39 is 0 Å². The highest BCUT2D eigenvalue weighted by Crippen LogP contribution is 2.34. The van der Waals surface area contributed by atoms with Gasteiger partial charge in [0, 0.05) is 15.7 Å².